The van der Waals surface area contributed by atoms with Gasteiger partial charge in [0.1, 0.15) is 5.76 Å². The van der Waals surface area contributed by atoms with Gasteiger partial charge in [0.2, 0.25) is 0 Å². The fraction of sp³-hybridized carbons (Fsp3) is 0.167. The molecule has 0 amide bonds. The zero-order valence-electron chi connectivity index (χ0n) is 8.76. The average molecular weight is 218 g/mol. The largest absolute Gasteiger partial charge is 0.508 e. The van der Waals surface area contributed by atoms with Crippen LogP contribution >= 0.6 is 0 Å². The summed E-state index contributed by atoms with van der Waals surface area (Å²) in [6.07, 6.45) is 4.50. The van der Waals surface area contributed by atoms with E-state index in [1.54, 1.807) is 18.4 Å². The number of nitrogen functional groups attached to an aromatic ring is 1. The SMILES string of the molecule is Nc1cccc(NCC2OC=CC=C2O)c1. The van der Waals surface area contributed by atoms with Crippen molar-refractivity contribution in [1.82, 2.24) is 0 Å². The molecule has 4 N–H and O–H groups in total. The van der Waals surface area contributed by atoms with Crippen LogP contribution in [0.4, 0.5) is 11.4 Å². The second kappa shape index (κ2) is 4.61. The Labute approximate surface area is 94.0 Å². The molecule has 1 unspecified atom stereocenters. The molecule has 4 nitrogen and oxygen atoms in total. The lowest BCUT2D eigenvalue weighted by molar-refractivity contribution is 0.133. The maximum absolute atomic E-state index is 9.52. The summed E-state index contributed by atoms with van der Waals surface area (Å²) in [5.41, 5.74) is 7.26. The molecule has 1 aromatic carbocycles. The molecular weight excluding hydrogens is 204 g/mol. The standard InChI is InChI=1S/C12H14N2O2/c13-9-3-1-4-10(7-9)14-8-12-11(15)5-2-6-16-12/h1-7,12,14-15H,8,13H2. The monoisotopic (exact) mass is 218 g/mol. The van der Waals surface area contributed by atoms with Crippen LogP contribution in [-0.2, 0) is 4.74 Å². The summed E-state index contributed by atoms with van der Waals surface area (Å²) in [6, 6.07) is 7.44. The first-order valence-corrected chi connectivity index (χ1v) is 5.06. The van der Waals surface area contributed by atoms with Gasteiger partial charge in [-0.1, -0.05) is 6.07 Å². The minimum absolute atomic E-state index is 0.221. The molecule has 0 fully saturated rings. The summed E-state index contributed by atoms with van der Waals surface area (Å²) in [6.45, 7) is 0.496. The van der Waals surface area contributed by atoms with Crippen molar-refractivity contribution in [2.45, 2.75) is 6.10 Å². The van der Waals surface area contributed by atoms with E-state index in [-0.39, 0.29) is 11.9 Å². The zero-order chi connectivity index (χ0) is 11.4. The molecule has 2 rings (SSSR count). The van der Waals surface area contributed by atoms with Gasteiger partial charge in [-0.3, -0.25) is 0 Å². The lowest BCUT2D eigenvalue weighted by Gasteiger charge is -2.19. The minimum Gasteiger partial charge on any atom is -0.508 e. The van der Waals surface area contributed by atoms with Crippen molar-refractivity contribution in [2.75, 3.05) is 17.6 Å². The van der Waals surface area contributed by atoms with E-state index < -0.39 is 0 Å². The van der Waals surface area contributed by atoms with E-state index >= 15 is 0 Å². The van der Waals surface area contributed by atoms with E-state index in [0.717, 1.165) is 5.69 Å². The van der Waals surface area contributed by atoms with Crippen molar-refractivity contribution in [2.24, 2.45) is 0 Å². The zero-order valence-corrected chi connectivity index (χ0v) is 8.76. The van der Waals surface area contributed by atoms with E-state index in [2.05, 4.69) is 5.32 Å². The highest BCUT2D eigenvalue weighted by molar-refractivity contribution is 5.54. The average Bonchev–Trinajstić information content (AvgIpc) is 2.28. The number of hydrogen-bond donors (Lipinski definition) is 3. The topological polar surface area (TPSA) is 67.5 Å². The van der Waals surface area contributed by atoms with Gasteiger partial charge in [0.05, 0.1) is 12.8 Å². The highest BCUT2D eigenvalue weighted by Gasteiger charge is 2.15. The van der Waals surface area contributed by atoms with Crippen LogP contribution in [-0.4, -0.2) is 17.8 Å². The van der Waals surface area contributed by atoms with Gasteiger partial charge in [-0.15, -0.1) is 0 Å². The molecule has 4 heteroatoms. The Hall–Kier alpha value is -2.10. The molecule has 84 valence electrons. The Kier molecular flexibility index (Phi) is 3.00. The Balaban J connectivity index is 1.93. The highest BCUT2D eigenvalue weighted by atomic mass is 16.5. The van der Waals surface area contributed by atoms with Gasteiger partial charge in [-0.2, -0.15) is 0 Å². The molecule has 1 aromatic rings. The quantitative estimate of drug-likeness (QED) is 0.679. The number of aliphatic hydroxyl groups is 1. The van der Waals surface area contributed by atoms with Crippen molar-refractivity contribution in [3.63, 3.8) is 0 Å². The molecule has 0 aliphatic carbocycles. The minimum atomic E-state index is -0.341. The molecule has 0 spiro atoms. The molecule has 1 aliphatic rings. The lowest BCUT2D eigenvalue weighted by Crippen LogP contribution is -2.25. The van der Waals surface area contributed by atoms with Crippen LogP contribution in [0.3, 0.4) is 0 Å². The van der Waals surface area contributed by atoms with Crippen molar-refractivity contribution in [3.8, 4) is 0 Å². The number of allylic oxidation sites excluding steroid dienone is 2. The number of anilines is 2. The summed E-state index contributed by atoms with van der Waals surface area (Å²) < 4.78 is 5.25. The summed E-state index contributed by atoms with van der Waals surface area (Å²) in [5, 5.41) is 12.7. The number of aliphatic hydroxyl groups excluding tert-OH is 1. The number of hydrogen-bond acceptors (Lipinski definition) is 4. The summed E-state index contributed by atoms with van der Waals surface area (Å²) in [4.78, 5) is 0. The van der Waals surface area contributed by atoms with E-state index in [9.17, 15) is 5.11 Å². The van der Waals surface area contributed by atoms with Gasteiger partial charge in [-0.25, -0.2) is 0 Å². The molecule has 0 bridgehead atoms. The van der Waals surface area contributed by atoms with Crippen LogP contribution in [0.15, 0.2) is 48.4 Å². The number of benzene rings is 1. The molecule has 0 saturated heterocycles. The van der Waals surface area contributed by atoms with Gasteiger partial charge in [0.25, 0.3) is 0 Å². The normalized spacial score (nSPS) is 18.8. The van der Waals surface area contributed by atoms with Crippen LogP contribution < -0.4 is 11.1 Å². The molecule has 1 heterocycles. The lowest BCUT2D eigenvalue weighted by atomic mass is 10.2. The fourth-order valence-corrected chi connectivity index (χ4v) is 1.47. The Morgan fingerprint density at radius 2 is 2.31 bits per heavy atom. The highest BCUT2D eigenvalue weighted by Crippen LogP contribution is 2.14. The van der Waals surface area contributed by atoms with E-state index in [0.29, 0.717) is 12.2 Å². The van der Waals surface area contributed by atoms with E-state index in [1.165, 1.54) is 0 Å². The third kappa shape index (κ3) is 2.48. The number of rotatable bonds is 3. The van der Waals surface area contributed by atoms with Gasteiger partial charge in [-0.05, 0) is 30.4 Å². The Bertz CT molecular complexity index is 427. The fourth-order valence-electron chi connectivity index (χ4n) is 1.47. The van der Waals surface area contributed by atoms with Crippen LogP contribution in [0.2, 0.25) is 0 Å². The van der Waals surface area contributed by atoms with Crippen LogP contribution in [0.5, 0.6) is 0 Å². The summed E-state index contributed by atoms with van der Waals surface area (Å²) in [7, 11) is 0. The van der Waals surface area contributed by atoms with Gasteiger partial charge in [0.15, 0.2) is 6.10 Å². The third-order valence-electron chi connectivity index (χ3n) is 2.30. The maximum atomic E-state index is 9.52. The smallest absolute Gasteiger partial charge is 0.171 e. The molecule has 0 saturated carbocycles. The van der Waals surface area contributed by atoms with Gasteiger partial charge < -0.3 is 20.9 Å². The Morgan fingerprint density at radius 1 is 1.44 bits per heavy atom. The predicted molar refractivity (Wildman–Crippen MR) is 64.1 cm³/mol. The molecule has 16 heavy (non-hydrogen) atoms. The van der Waals surface area contributed by atoms with Crippen LogP contribution in [0, 0.1) is 0 Å². The second-order valence-electron chi connectivity index (χ2n) is 3.55. The van der Waals surface area contributed by atoms with Crippen molar-refractivity contribution < 1.29 is 9.84 Å². The van der Waals surface area contributed by atoms with Gasteiger partial charge in [0, 0.05) is 11.4 Å². The molecule has 0 aromatic heterocycles. The summed E-state index contributed by atoms with van der Waals surface area (Å²) >= 11 is 0. The van der Waals surface area contributed by atoms with Gasteiger partial charge >= 0.3 is 0 Å². The molecule has 1 aliphatic heterocycles. The Morgan fingerprint density at radius 3 is 3.06 bits per heavy atom. The first kappa shape index (κ1) is 10.4. The number of nitrogens with one attached hydrogen (secondary N) is 1. The van der Waals surface area contributed by atoms with Crippen molar-refractivity contribution >= 4 is 11.4 Å². The maximum Gasteiger partial charge on any atom is 0.171 e. The number of ether oxygens (including phenoxy) is 1. The second-order valence-corrected chi connectivity index (χ2v) is 3.55. The van der Waals surface area contributed by atoms with Crippen molar-refractivity contribution in [1.29, 1.82) is 0 Å². The predicted octanol–water partition coefficient (Wildman–Crippen LogP) is 2.04. The molecule has 0 radical (unpaired) electrons. The first-order valence-electron chi connectivity index (χ1n) is 5.06. The third-order valence-corrected chi connectivity index (χ3v) is 2.30. The van der Waals surface area contributed by atoms with Crippen LogP contribution in [0.1, 0.15) is 0 Å². The van der Waals surface area contributed by atoms with E-state index in [4.69, 9.17) is 10.5 Å². The van der Waals surface area contributed by atoms with Crippen molar-refractivity contribution in [3.05, 3.63) is 48.4 Å². The molecule has 1 atom stereocenters. The molecular formula is C12H14N2O2. The number of nitrogens with two attached hydrogens (primary N) is 1. The first-order chi connectivity index (χ1) is 7.75. The van der Waals surface area contributed by atoms with Crippen LogP contribution in [0.25, 0.3) is 0 Å². The van der Waals surface area contributed by atoms with E-state index in [1.807, 2.05) is 24.3 Å². The summed E-state index contributed by atoms with van der Waals surface area (Å²) in [5.74, 6) is 0.221.